The first-order valence-electron chi connectivity index (χ1n) is 3.07. The standard InChI is InChI=1S/C6H13N3/c1-2-3-5(8)6(9)4-7/h8-9H,2-4,7H2,1H3. The maximum Gasteiger partial charge on any atom is 0.0657 e. The molecule has 0 heterocycles. The van der Waals surface area contributed by atoms with Gasteiger partial charge < -0.3 is 16.6 Å². The van der Waals surface area contributed by atoms with Crippen molar-refractivity contribution < 1.29 is 0 Å². The van der Waals surface area contributed by atoms with Crippen LogP contribution >= 0.6 is 0 Å². The highest BCUT2D eigenvalue weighted by Gasteiger charge is 1.99. The molecule has 0 aromatic rings. The van der Waals surface area contributed by atoms with Crippen LogP contribution in [0.5, 0.6) is 0 Å². The smallest absolute Gasteiger partial charge is 0.0657 e. The van der Waals surface area contributed by atoms with Gasteiger partial charge in [-0.25, -0.2) is 0 Å². The second-order valence-corrected chi connectivity index (χ2v) is 1.91. The molecule has 0 aromatic carbocycles. The summed E-state index contributed by atoms with van der Waals surface area (Å²) in [6.45, 7) is 2.18. The molecule has 0 aromatic heterocycles. The van der Waals surface area contributed by atoms with Crippen molar-refractivity contribution in [2.24, 2.45) is 5.73 Å². The van der Waals surface area contributed by atoms with Gasteiger partial charge in [-0.1, -0.05) is 13.3 Å². The Labute approximate surface area is 55.3 Å². The fourth-order valence-electron chi connectivity index (χ4n) is 0.524. The minimum Gasteiger partial charge on any atom is -0.325 e. The maximum absolute atomic E-state index is 7.19. The van der Waals surface area contributed by atoms with Crippen LogP contribution in [0.15, 0.2) is 0 Å². The Morgan fingerprint density at radius 1 is 1.33 bits per heavy atom. The Hall–Kier alpha value is -0.700. The summed E-state index contributed by atoms with van der Waals surface area (Å²) in [5.41, 5.74) is 5.77. The third-order valence-electron chi connectivity index (χ3n) is 1.07. The zero-order valence-corrected chi connectivity index (χ0v) is 5.70. The van der Waals surface area contributed by atoms with E-state index in [-0.39, 0.29) is 12.3 Å². The number of nitrogens with one attached hydrogen (secondary N) is 2. The van der Waals surface area contributed by atoms with Gasteiger partial charge in [-0.3, -0.25) is 0 Å². The fourth-order valence-corrected chi connectivity index (χ4v) is 0.524. The van der Waals surface area contributed by atoms with Gasteiger partial charge in [0.25, 0.3) is 0 Å². The van der Waals surface area contributed by atoms with Crippen molar-refractivity contribution in [2.75, 3.05) is 6.54 Å². The summed E-state index contributed by atoms with van der Waals surface area (Å²) in [5, 5.41) is 14.3. The van der Waals surface area contributed by atoms with Crippen molar-refractivity contribution in [2.45, 2.75) is 19.8 Å². The second kappa shape index (κ2) is 4.21. The van der Waals surface area contributed by atoms with Crippen molar-refractivity contribution >= 4 is 11.4 Å². The van der Waals surface area contributed by atoms with Gasteiger partial charge in [0.2, 0.25) is 0 Å². The maximum atomic E-state index is 7.19. The highest BCUT2D eigenvalue weighted by molar-refractivity contribution is 6.40. The van der Waals surface area contributed by atoms with Crippen LogP contribution in [0.1, 0.15) is 19.8 Å². The minimum absolute atomic E-state index is 0.193. The van der Waals surface area contributed by atoms with E-state index in [4.69, 9.17) is 16.6 Å². The first kappa shape index (κ1) is 8.30. The molecule has 52 valence electrons. The van der Waals surface area contributed by atoms with Gasteiger partial charge in [0.1, 0.15) is 0 Å². The largest absolute Gasteiger partial charge is 0.325 e. The molecule has 0 fully saturated rings. The molecule has 4 N–H and O–H groups in total. The van der Waals surface area contributed by atoms with Crippen LogP contribution < -0.4 is 5.73 Å². The predicted octanol–water partition coefficient (Wildman–Crippen LogP) is 0.785. The molecule has 0 bridgehead atoms. The molecule has 0 rings (SSSR count). The van der Waals surface area contributed by atoms with Crippen LogP contribution in [-0.2, 0) is 0 Å². The lowest BCUT2D eigenvalue weighted by molar-refractivity contribution is 0.990. The molecule has 0 aliphatic carbocycles. The zero-order valence-electron chi connectivity index (χ0n) is 5.70. The van der Waals surface area contributed by atoms with E-state index in [0.717, 1.165) is 6.42 Å². The Balaban J connectivity index is 3.60. The first-order valence-corrected chi connectivity index (χ1v) is 3.07. The number of nitrogens with two attached hydrogens (primary N) is 1. The lowest BCUT2D eigenvalue weighted by atomic mass is 10.1. The van der Waals surface area contributed by atoms with E-state index in [9.17, 15) is 0 Å². The van der Waals surface area contributed by atoms with E-state index in [2.05, 4.69) is 0 Å². The zero-order chi connectivity index (χ0) is 7.28. The summed E-state index contributed by atoms with van der Waals surface area (Å²) in [7, 11) is 0. The topological polar surface area (TPSA) is 73.7 Å². The van der Waals surface area contributed by atoms with Crippen molar-refractivity contribution in [1.29, 1.82) is 10.8 Å². The molecule has 0 spiro atoms. The van der Waals surface area contributed by atoms with Gasteiger partial charge in [-0.2, -0.15) is 0 Å². The van der Waals surface area contributed by atoms with Crippen LogP contribution in [-0.4, -0.2) is 18.0 Å². The Morgan fingerprint density at radius 3 is 2.22 bits per heavy atom. The van der Waals surface area contributed by atoms with Gasteiger partial charge in [-0.15, -0.1) is 0 Å². The molecule has 0 saturated carbocycles. The molecule has 0 aliphatic rings. The van der Waals surface area contributed by atoms with Gasteiger partial charge in [0, 0.05) is 6.54 Å². The average Bonchev–Trinajstić information content (AvgIpc) is 1.87. The van der Waals surface area contributed by atoms with Crippen molar-refractivity contribution in [3.63, 3.8) is 0 Å². The van der Waals surface area contributed by atoms with E-state index < -0.39 is 0 Å². The normalized spacial score (nSPS) is 9.11. The molecular weight excluding hydrogens is 114 g/mol. The molecule has 0 aliphatic heterocycles. The van der Waals surface area contributed by atoms with E-state index in [1.54, 1.807) is 0 Å². The minimum atomic E-state index is 0.193. The van der Waals surface area contributed by atoms with Crippen LogP contribution in [0.4, 0.5) is 0 Å². The van der Waals surface area contributed by atoms with Crippen LogP contribution in [0.25, 0.3) is 0 Å². The van der Waals surface area contributed by atoms with Gasteiger partial charge in [0.15, 0.2) is 0 Å². The first-order chi connectivity index (χ1) is 4.22. The number of hydrogen-bond acceptors (Lipinski definition) is 3. The average molecular weight is 127 g/mol. The van der Waals surface area contributed by atoms with Gasteiger partial charge in [0.05, 0.1) is 11.4 Å². The Bertz CT molecular complexity index is 117. The molecule has 0 amide bonds. The summed E-state index contributed by atoms with van der Waals surface area (Å²) < 4.78 is 0. The number of rotatable bonds is 4. The molecule has 0 unspecified atom stereocenters. The van der Waals surface area contributed by atoms with Gasteiger partial charge >= 0.3 is 0 Å². The highest BCUT2D eigenvalue weighted by atomic mass is 14.6. The highest BCUT2D eigenvalue weighted by Crippen LogP contribution is 1.89. The van der Waals surface area contributed by atoms with E-state index >= 15 is 0 Å². The Morgan fingerprint density at radius 2 is 1.89 bits per heavy atom. The number of hydrogen-bond donors (Lipinski definition) is 3. The molecule has 3 heteroatoms. The monoisotopic (exact) mass is 127 g/mol. The van der Waals surface area contributed by atoms with Crippen molar-refractivity contribution in [1.82, 2.24) is 0 Å². The summed E-state index contributed by atoms with van der Waals surface area (Å²) in [6.07, 6.45) is 1.59. The van der Waals surface area contributed by atoms with Crippen LogP contribution in [0.2, 0.25) is 0 Å². The molecular formula is C6H13N3. The van der Waals surface area contributed by atoms with E-state index in [1.807, 2.05) is 6.92 Å². The lowest BCUT2D eigenvalue weighted by Crippen LogP contribution is -2.21. The third-order valence-corrected chi connectivity index (χ3v) is 1.07. The molecule has 9 heavy (non-hydrogen) atoms. The van der Waals surface area contributed by atoms with Crippen LogP contribution in [0.3, 0.4) is 0 Å². The fraction of sp³-hybridized carbons (Fsp3) is 0.667. The lowest BCUT2D eigenvalue weighted by Gasteiger charge is -1.98. The predicted molar refractivity (Wildman–Crippen MR) is 39.4 cm³/mol. The molecule has 3 nitrogen and oxygen atoms in total. The second-order valence-electron chi connectivity index (χ2n) is 1.91. The Kier molecular flexibility index (Phi) is 3.88. The molecule has 0 radical (unpaired) electrons. The summed E-state index contributed by atoms with van der Waals surface area (Å²) in [6, 6.07) is 0. The van der Waals surface area contributed by atoms with Gasteiger partial charge in [-0.05, 0) is 6.42 Å². The third kappa shape index (κ3) is 2.98. The van der Waals surface area contributed by atoms with Crippen molar-refractivity contribution in [3.8, 4) is 0 Å². The molecule has 0 saturated heterocycles. The summed E-state index contributed by atoms with van der Waals surface area (Å²) in [4.78, 5) is 0. The molecule has 0 atom stereocenters. The van der Waals surface area contributed by atoms with Crippen molar-refractivity contribution in [3.05, 3.63) is 0 Å². The summed E-state index contributed by atoms with van der Waals surface area (Å²) >= 11 is 0. The SMILES string of the molecule is CCCC(=N)C(=N)CN. The quantitative estimate of drug-likeness (QED) is 0.480. The van der Waals surface area contributed by atoms with E-state index in [0.29, 0.717) is 12.1 Å². The van der Waals surface area contributed by atoms with E-state index in [1.165, 1.54) is 0 Å². The summed E-state index contributed by atoms with van der Waals surface area (Å²) in [5.74, 6) is 0. The van der Waals surface area contributed by atoms with Crippen LogP contribution in [0, 0.1) is 10.8 Å².